The van der Waals surface area contributed by atoms with E-state index in [4.69, 9.17) is 0 Å². The van der Waals surface area contributed by atoms with Gasteiger partial charge >= 0.3 is 0 Å². The predicted molar refractivity (Wildman–Crippen MR) is 306 cm³/mol. The molecule has 0 atom stereocenters. The van der Waals surface area contributed by atoms with Gasteiger partial charge in [0.2, 0.25) is 0 Å². The fourth-order valence-corrected chi connectivity index (χ4v) is 10.7. The molecular formula is C68H49N3. The van der Waals surface area contributed by atoms with Crippen LogP contribution in [0.25, 0.3) is 136 Å². The molecule has 0 bridgehead atoms. The van der Waals surface area contributed by atoms with E-state index in [-0.39, 0.29) is 0 Å². The molecular weight excluding hydrogens is 859 g/mol. The van der Waals surface area contributed by atoms with Crippen LogP contribution in [0.15, 0.2) is 231 Å². The molecule has 0 saturated heterocycles. The highest BCUT2D eigenvalue weighted by atomic mass is 15.0. The molecule has 0 aliphatic carbocycles. The Morgan fingerprint density at radius 1 is 0.268 bits per heavy atom. The van der Waals surface area contributed by atoms with Crippen LogP contribution in [0.5, 0.6) is 0 Å². The zero-order valence-electron chi connectivity index (χ0n) is 39.5. The minimum absolute atomic E-state index is 0.932. The summed E-state index contributed by atoms with van der Waals surface area (Å²) in [6.07, 6.45) is 13.3. The van der Waals surface area contributed by atoms with Crippen molar-refractivity contribution in [2.24, 2.45) is 0 Å². The molecule has 0 radical (unpaired) electrons. The van der Waals surface area contributed by atoms with Gasteiger partial charge in [-0.05, 0) is 129 Å². The second-order valence-electron chi connectivity index (χ2n) is 18.5. The molecule has 0 aliphatic heterocycles. The van der Waals surface area contributed by atoms with Crippen LogP contribution >= 0.6 is 0 Å². The van der Waals surface area contributed by atoms with E-state index in [1.54, 1.807) is 0 Å². The number of benzene rings is 10. The molecule has 336 valence electrons. The monoisotopic (exact) mass is 907 g/mol. The Morgan fingerprint density at radius 3 is 0.972 bits per heavy atom. The Morgan fingerprint density at radius 2 is 0.577 bits per heavy atom. The highest BCUT2D eigenvalue weighted by Gasteiger charge is 2.13. The van der Waals surface area contributed by atoms with Gasteiger partial charge in [0.05, 0.1) is 22.1 Å². The maximum atomic E-state index is 2.41. The van der Waals surface area contributed by atoms with Gasteiger partial charge in [0.1, 0.15) is 0 Å². The number of rotatable bonds is 10. The number of aryl methyl sites for hydroxylation is 1. The number of aromatic nitrogens is 3. The van der Waals surface area contributed by atoms with E-state index >= 15 is 0 Å². The van der Waals surface area contributed by atoms with Gasteiger partial charge in [0.25, 0.3) is 0 Å². The van der Waals surface area contributed by atoms with Crippen LogP contribution in [0.3, 0.4) is 0 Å². The fourth-order valence-electron chi connectivity index (χ4n) is 10.7. The van der Waals surface area contributed by atoms with Crippen molar-refractivity contribution < 1.29 is 0 Å². The van der Waals surface area contributed by atoms with Gasteiger partial charge in [-0.1, -0.05) is 188 Å². The molecule has 3 aromatic heterocycles. The Hall–Kier alpha value is -9.18. The Bertz CT molecular complexity index is 3930. The van der Waals surface area contributed by atoms with Gasteiger partial charge in [-0.2, -0.15) is 0 Å². The first kappa shape index (κ1) is 42.0. The lowest BCUT2D eigenvalue weighted by molar-refractivity contribution is 0.827. The standard InChI is InChI=1S/C68H49N3/c1-2-69-63-18-8-3-17-61(63)62-38-31-50(43-68(62)69)24-23-47-25-32-51(33-26-47)54-44-55(52-34-27-48(28-35-52)39-41-70-64-19-9-4-13-57(64)58-14-5-10-20-65(58)70)46-56(45-54)53-36-29-49(30-37-53)40-42-71-66-21-11-6-15-59(66)60-16-7-12-22-67(60)71/h3-46H,2H2,1H3. The van der Waals surface area contributed by atoms with Crippen molar-refractivity contribution in [3.63, 3.8) is 0 Å². The summed E-state index contributed by atoms with van der Waals surface area (Å²) in [7, 11) is 0. The zero-order valence-corrected chi connectivity index (χ0v) is 39.5. The molecule has 0 spiro atoms. The highest BCUT2D eigenvalue weighted by Crippen LogP contribution is 2.36. The second kappa shape index (κ2) is 17.7. The fraction of sp³-hybridized carbons (Fsp3) is 0.0294. The molecule has 0 saturated carbocycles. The summed E-state index contributed by atoms with van der Waals surface area (Å²) in [6, 6.07) is 84.0. The quantitative estimate of drug-likeness (QED) is 0.121. The van der Waals surface area contributed by atoms with Crippen molar-refractivity contribution in [1.82, 2.24) is 13.7 Å². The van der Waals surface area contributed by atoms with E-state index in [1.807, 2.05) is 0 Å². The molecule has 71 heavy (non-hydrogen) atoms. The third-order valence-electron chi connectivity index (χ3n) is 14.3. The van der Waals surface area contributed by atoms with Gasteiger partial charge in [-0.15, -0.1) is 0 Å². The first-order valence-corrected chi connectivity index (χ1v) is 24.6. The Labute approximate surface area is 413 Å². The molecule has 0 unspecified atom stereocenters. The van der Waals surface area contributed by atoms with Gasteiger partial charge in [0, 0.05) is 62.3 Å². The van der Waals surface area contributed by atoms with Crippen LogP contribution in [-0.4, -0.2) is 13.7 Å². The van der Waals surface area contributed by atoms with Gasteiger partial charge in [-0.3, -0.25) is 0 Å². The Kier molecular flexibility index (Phi) is 10.5. The van der Waals surface area contributed by atoms with Crippen molar-refractivity contribution in [2.75, 3.05) is 0 Å². The van der Waals surface area contributed by atoms with Gasteiger partial charge < -0.3 is 13.7 Å². The summed E-state index contributed by atoms with van der Waals surface area (Å²) in [5.74, 6) is 0. The van der Waals surface area contributed by atoms with Crippen molar-refractivity contribution in [3.8, 4) is 33.4 Å². The third-order valence-corrected chi connectivity index (χ3v) is 14.3. The van der Waals surface area contributed by atoms with E-state index < -0.39 is 0 Å². The summed E-state index contributed by atoms with van der Waals surface area (Å²) < 4.78 is 7.01. The molecule has 3 heteroatoms. The van der Waals surface area contributed by atoms with Crippen LogP contribution < -0.4 is 0 Å². The molecule has 13 aromatic rings. The molecule has 3 nitrogen and oxygen atoms in total. The van der Waals surface area contributed by atoms with Crippen molar-refractivity contribution >= 4 is 102 Å². The summed E-state index contributed by atoms with van der Waals surface area (Å²) >= 11 is 0. The maximum absolute atomic E-state index is 2.41. The Balaban J connectivity index is 0.823. The molecule has 10 aromatic carbocycles. The number of para-hydroxylation sites is 5. The van der Waals surface area contributed by atoms with E-state index in [9.17, 15) is 0 Å². The molecule has 0 aliphatic rings. The average molecular weight is 908 g/mol. The van der Waals surface area contributed by atoms with E-state index in [1.165, 1.54) is 104 Å². The summed E-state index contributed by atoms with van der Waals surface area (Å²) in [5.41, 5.74) is 19.1. The molecule has 13 rings (SSSR count). The minimum Gasteiger partial charge on any atom is -0.341 e. The summed E-state index contributed by atoms with van der Waals surface area (Å²) in [6.45, 7) is 3.16. The normalized spacial score (nSPS) is 12.2. The molecule has 0 fully saturated rings. The van der Waals surface area contributed by atoms with Crippen LogP contribution in [-0.2, 0) is 6.54 Å². The number of hydrogen-bond donors (Lipinski definition) is 0. The highest BCUT2D eigenvalue weighted by molar-refractivity contribution is 6.11. The lowest BCUT2D eigenvalue weighted by Gasteiger charge is -2.12. The van der Waals surface area contributed by atoms with Crippen molar-refractivity contribution in [2.45, 2.75) is 13.5 Å². The first-order chi connectivity index (χ1) is 35.1. The average Bonchev–Trinajstić information content (AvgIpc) is 4.06. The minimum atomic E-state index is 0.932. The van der Waals surface area contributed by atoms with Crippen LogP contribution in [0.1, 0.15) is 29.2 Å². The molecule has 3 heterocycles. The number of nitrogens with zero attached hydrogens (tertiary/aromatic N) is 3. The summed E-state index contributed by atoms with van der Waals surface area (Å²) in [5, 5.41) is 7.67. The predicted octanol–water partition coefficient (Wildman–Crippen LogP) is 18.5. The van der Waals surface area contributed by atoms with Crippen LogP contribution in [0, 0.1) is 0 Å². The van der Waals surface area contributed by atoms with Gasteiger partial charge in [-0.25, -0.2) is 0 Å². The van der Waals surface area contributed by atoms with Gasteiger partial charge in [0.15, 0.2) is 0 Å². The number of fused-ring (bicyclic) bond motifs is 9. The zero-order chi connectivity index (χ0) is 47.3. The second-order valence-corrected chi connectivity index (χ2v) is 18.5. The van der Waals surface area contributed by atoms with Crippen LogP contribution in [0.2, 0.25) is 0 Å². The SMILES string of the molecule is CCn1c2ccccc2c2ccc(C=Cc3ccc(-c4cc(-c5ccc(C=Cn6c7ccccc7c7ccccc76)cc5)cc(-c5ccc(C=Cn6c7ccccc7c7ccccc76)cc5)c4)cc3)cc21. The maximum Gasteiger partial charge on any atom is 0.0534 e. The van der Waals surface area contributed by atoms with E-state index in [0.29, 0.717) is 0 Å². The summed E-state index contributed by atoms with van der Waals surface area (Å²) in [4.78, 5) is 0. The molecule has 0 amide bonds. The lowest BCUT2D eigenvalue weighted by atomic mass is 9.92. The van der Waals surface area contributed by atoms with Crippen LogP contribution in [0.4, 0.5) is 0 Å². The number of hydrogen-bond acceptors (Lipinski definition) is 0. The van der Waals surface area contributed by atoms with E-state index in [0.717, 1.165) is 23.2 Å². The van der Waals surface area contributed by atoms with Crippen molar-refractivity contribution in [3.05, 3.63) is 253 Å². The van der Waals surface area contributed by atoms with E-state index in [2.05, 4.69) is 288 Å². The van der Waals surface area contributed by atoms with Crippen molar-refractivity contribution in [1.29, 1.82) is 0 Å². The molecule has 0 N–H and O–H groups in total. The third kappa shape index (κ3) is 7.65. The first-order valence-electron chi connectivity index (χ1n) is 24.6. The smallest absolute Gasteiger partial charge is 0.0534 e. The lowest BCUT2D eigenvalue weighted by Crippen LogP contribution is -1.92. The largest absolute Gasteiger partial charge is 0.341 e. The topological polar surface area (TPSA) is 14.8 Å².